The number of anilines is 2. The monoisotopic (exact) mass is 432 g/mol. The molecule has 2 aliphatic rings. The minimum absolute atomic E-state index is 0.0624. The summed E-state index contributed by atoms with van der Waals surface area (Å²) in [5.41, 5.74) is 3.98. The van der Waals surface area contributed by atoms with Crippen LogP contribution in [0.15, 0.2) is 35.1 Å². The molecule has 0 radical (unpaired) electrons. The van der Waals surface area contributed by atoms with Gasteiger partial charge in [-0.25, -0.2) is 4.79 Å². The highest BCUT2D eigenvalue weighted by atomic mass is 16.5. The van der Waals surface area contributed by atoms with Gasteiger partial charge in [-0.2, -0.15) is 10.2 Å². The third-order valence-electron chi connectivity index (χ3n) is 6.11. The number of aliphatic hydroxyl groups excluding tert-OH is 1. The molecule has 0 unspecified atom stereocenters. The number of fused-ring (bicyclic) bond motifs is 2. The number of rotatable bonds is 5. The van der Waals surface area contributed by atoms with E-state index in [0.717, 1.165) is 11.3 Å². The van der Waals surface area contributed by atoms with Crippen LogP contribution in [0.3, 0.4) is 0 Å². The summed E-state index contributed by atoms with van der Waals surface area (Å²) in [5, 5.41) is 19.5. The number of benzene rings is 2. The van der Waals surface area contributed by atoms with Gasteiger partial charge >= 0.3 is 5.69 Å². The van der Waals surface area contributed by atoms with Crippen LogP contribution < -0.4 is 15.3 Å². The van der Waals surface area contributed by atoms with Crippen molar-refractivity contribution >= 4 is 22.4 Å². The minimum Gasteiger partial charge on any atom is -0.490 e. The molecule has 0 saturated heterocycles. The predicted molar refractivity (Wildman–Crippen MR) is 119 cm³/mol. The lowest BCUT2D eigenvalue weighted by Crippen LogP contribution is -2.28. The molecule has 1 aromatic heterocycles. The van der Waals surface area contributed by atoms with E-state index in [1.165, 1.54) is 23.0 Å². The number of hydrogen-bond acceptors (Lipinski definition) is 7. The third kappa shape index (κ3) is 3.49. The SMILES string of the molecule is Cn1c(=O)nc(N2CCOCc3c(C4CC4)cccc32)c2cc(C#N)c(OCCO)cc21. The van der Waals surface area contributed by atoms with Crippen molar-refractivity contribution in [2.75, 3.05) is 31.3 Å². The maximum absolute atomic E-state index is 12.8. The normalized spacial score (nSPS) is 15.8. The van der Waals surface area contributed by atoms with Crippen LogP contribution in [-0.4, -0.2) is 41.0 Å². The standard InChI is InChI=1S/C24H24N4O4/c1-27-21-12-22(32-10-8-29)16(13-25)11-18(21)23(26-24(27)30)28-7-9-31-14-19-17(15-5-6-15)3-2-4-20(19)28/h2-4,11-12,15,29H,5-10,14H2,1H3. The number of hydrogen-bond donors (Lipinski definition) is 1. The van der Waals surface area contributed by atoms with E-state index in [4.69, 9.17) is 14.6 Å². The summed E-state index contributed by atoms with van der Waals surface area (Å²) in [7, 11) is 1.65. The Labute approximate surface area is 185 Å². The number of aromatic nitrogens is 2. The van der Waals surface area contributed by atoms with Gasteiger partial charge in [0.25, 0.3) is 0 Å². The molecule has 1 aliphatic carbocycles. The van der Waals surface area contributed by atoms with E-state index in [9.17, 15) is 10.1 Å². The lowest BCUT2D eigenvalue weighted by molar-refractivity contribution is 0.132. The maximum atomic E-state index is 12.8. The molecule has 0 spiro atoms. The Balaban J connectivity index is 1.73. The van der Waals surface area contributed by atoms with Crippen LogP contribution in [0.25, 0.3) is 10.9 Å². The maximum Gasteiger partial charge on any atom is 0.349 e. The molecule has 1 N–H and O–H groups in total. The molecule has 164 valence electrons. The Morgan fingerprint density at radius 1 is 1.34 bits per heavy atom. The molecule has 5 rings (SSSR count). The Morgan fingerprint density at radius 2 is 2.19 bits per heavy atom. The van der Waals surface area contributed by atoms with Crippen molar-refractivity contribution in [2.45, 2.75) is 25.4 Å². The second-order valence-electron chi connectivity index (χ2n) is 8.15. The van der Waals surface area contributed by atoms with E-state index >= 15 is 0 Å². The summed E-state index contributed by atoms with van der Waals surface area (Å²) in [6, 6.07) is 11.8. The zero-order chi connectivity index (χ0) is 22.2. The number of nitriles is 1. The fourth-order valence-electron chi connectivity index (χ4n) is 4.37. The van der Waals surface area contributed by atoms with Crippen LogP contribution in [0.5, 0.6) is 5.75 Å². The van der Waals surface area contributed by atoms with Crippen LogP contribution in [0.2, 0.25) is 0 Å². The number of aliphatic hydroxyl groups is 1. The van der Waals surface area contributed by atoms with Crippen LogP contribution >= 0.6 is 0 Å². The molecule has 0 amide bonds. The Hall–Kier alpha value is -3.41. The third-order valence-corrected chi connectivity index (χ3v) is 6.11. The van der Waals surface area contributed by atoms with Crippen molar-refractivity contribution < 1.29 is 14.6 Å². The molecular formula is C24H24N4O4. The zero-order valence-electron chi connectivity index (χ0n) is 17.9. The molecular weight excluding hydrogens is 408 g/mol. The topological polar surface area (TPSA) is 101 Å². The van der Waals surface area contributed by atoms with E-state index in [-0.39, 0.29) is 13.2 Å². The largest absolute Gasteiger partial charge is 0.490 e. The molecule has 32 heavy (non-hydrogen) atoms. The van der Waals surface area contributed by atoms with Crippen LogP contribution in [0.4, 0.5) is 11.5 Å². The van der Waals surface area contributed by atoms with Crippen molar-refractivity contribution in [3.63, 3.8) is 0 Å². The van der Waals surface area contributed by atoms with Gasteiger partial charge < -0.3 is 19.5 Å². The lowest BCUT2D eigenvalue weighted by Gasteiger charge is -2.26. The summed E-state index contributed by atoms with van der Waals surface area (Å²) in [4.78, 5) is 19.3. The molecule has 3 aromatic rings. The quantitative estimate of drug-likeness (QED) is 0.662. The smallest absolute Gasteiger partial charge is 0.349 e. The first-order valence-electron chi connectivity index (χ1n) is 10.8. The number of aryl methyl sites for hydroxylation is 1. The van der Waals surface area contributed by atoms with Gasteiger partial charge in [0.2, 0.25) is 0 Å². The van der Waals surface area contributed by atoms with Gasteiger partial charge in [0.15, 0.2) is 0 Å². The van der Waals surface area contributed by atoms with Gasteiger partial charge in [-0.15, -0.1) is 0 Å². The zero-order valence-corrected chi connectivity index (χ0v) is 17.9. The van der Waals surface area contributed by atoms with Gasteiger partial charge in [-0.3, -0.25) is 4.57 Å². The summed E-state index contributed by atoms with van der Waals surface area (Å²) >= 11 is 0. The highest BCUT2D eigenvalue weighted by Gasteiger charge is 2.30. The second kappa shape index (κ2) is 8.26. The summed E-state index contributed by atoms with van der Waals surface area (Å²) < 4.78 is 12.9. The Bertz CT molecular complexity index is 1290. The number of nitrogens with zero attached hydrogens (tertiary/aromatic N) is 4. The summed E-state index contributed by atoms with van der Waals surface area (Å²) in [5.74, 6) is 1.41. The summed E-state index contributed by atoms with van der Waals surface area (Å²) in [6.07, 6.45) is 2.37. The Morgan fingerprint density at radius 3 is 2.94 bits per heavy atom. The summed E-state index contributed by atoms with van der Waals surface area (Å²) in [6.45, 7) is 1.47. The van der Waals surface area contributed by atoms with Crippen LogP contribution in [0.1, 0.15) is 35.4 Å². The van der Waals surface area contributed by atoms with E-state index < -0.39 is 5.69 Å². The van der Waals surface area contributed by atoms with Crippen molar-refractivity contribution in [1.82, 2.24) is 9.55 Å². The van der Waals surface area contributed by atoms with Crippen molar-refractivity contribution in [3.8, 4) is 11.8 Å². The molecule has 1 saturated carbocycles. The molecule has 2 aromatic carbocycles. The molecule has 2 heterocycles. The van der Waals surface area contributed by atoms with E-state index in [0.29, 0.717) is 53.7 Å². The van der Waals surface area contributed by atoms with Crippen LogP contribution in [-0.2, 0) is 18.4 Å². The predicted octanol–water partition coefficient (Wildman–Crippen LogP) is 2.72. The lowest BCUT2D eigenvalue weighted by atomic mass is 10.0. The van der Waals surface area contributed by atoms with Crippen molar-refractivity contribution in [1.29, 1.82) is 5.26 Å². The molecule has 1 fully saturated rings. The van der Waals surface area contributed by atoms with Gasteiger partial charge in [0.1, 0.15) is 24.2 Å². The molecule has 8 heteroatoms. The van der Waals surface area contributed by atoms with E-state index in [2.05, 4.69) is 23.2 Å². The first-order chi connectivity index (χ1) is 15.6. The first-order valence-corrected chi connectivity index (χ1v) is 10.8. The van der Waals surface area contributed by atoms with Crippen LogP contribution in [0, 0.1) is 11.3 Å². The Kier molecular flexibility index (Phi) is 5.29. The molecule has 0 bridgehead atoms. The van der Waals surface area contributed by atoms with E-state index in [1.54, 1.807) is 19.2 Å². The number of ether oxygens (including phenoxy) is 2. The van der Waals surface area contributed by atoms with Gasteiger partial charge in [-0.05, 0) is 36.5 Å². The molecule has 0 atom stereocenters. The average molecular weight is 432 g/mol. The van der Waals surface area contributed by atoms with Crippen molar-refractivity contribution in [2.24, 2.45) is 7.05 Å². The highest BCUT2D eigenvalue weighted by Crippen LogP contribution is 2.45. The average Bonchev–Trinajstić information content (AvgIpc) is 3.66. The molecule has 1 aliphatic heterocycles. The first kappa shape index (κ1) is 20.5. The second-order valence-corrected chi connectivity index (χ2v) is 8.15. The van der Waals surface area contributed by atoms with Gasteiger partial charge in [0.05, 0.1) is 30.9 Å². The van der Waals surface area contributed by atoms with E-state index in [1.807, 2.05) is 11.0 Å². The molecule has 8 nitrogen and oxygen atoms in total. The fraction of sp³-hybridized carbons (Fsp3) is 0.375. The fourth-order valence-corrected chi connectivity index (χ4v) is 4.37. The van der Waals surface area contributed by atoms with Gasteiger partial charge in [-0.1, -0.05) is 12.1 Å². The van der Waals surface area contributed by atoms with Crippen molar-refractivity contribution in [3.05, 3.63) is 57.5 Å². The minimum atomic E-state index is -0.393. The van der Waals surface area contributed by atoms with Gasteiger partial charge in [0, 0.05) is 36.3 Å². The highest BCUT2D eigenvalue weighted by molar-refractivity contribution is 5.94.